The number of amides is 1. The number of ether oxygens (including phenoxy) is 1. The Morgan fingerprint density at radius 3 is 2.50 bits per heavy atom. The van der Waals surface area contributed by atoms with Gasteiger partial charge < -0.3 is 9.64 Å². The van der Waals surface area contributed by atoms with Crippen molar-refractivity contribution in [1.29, 1.82) is 0 Å². The Balaban J connectivity index is 1.58. The molecule has 0 aromatic heterocycles. The van der Waals surface area contributed by atoms with E-state index in [1.807, 2.05) is 38.1 Å². The van der Waals surface area contributed by atoms with E-state index < -0.39 is 15.6 Å². The number of carbonyl (C=O) groups is 1. The normalized spacial score (nSPS) is 21.3. The van der Waals surface area contributed by atoms with Crippen LogP contribution in [0.15, 0.2) is 53.4 Å². The molecule has 1 saturated heterocycles. The van der Waals surface area contributed by atoms with Crippen molar-refractivity contribution in [2.24, 2.45) is 0 Å². The van der Waals surface area contributed by atoms with Gasteiger partial charge in [-0.05, 0) is 50.6 Å². The lowest BCUT2D eigenvalue weighted by Crippen LogP contribution is -2.41. The van der Waals surface area contributed by atoms with Crippen LogP contribution in [0.25, 0.3) is 0 Å². The van der Waals surface area contributed by atoms with Gasteiger partial charge in [0.1, 0.15) is 11.4 Å². The summed E-state index contributed by atoms with van der Waals surface area (Å²) in [4.78, 5) is 13.8. The summed E-state index contributed by atoms with van der Waals surface area (Å²) in [6.45, 7) is 4.58. The lowest BCUT2D eigenvalue weighted by Gasteiger charge is -2.37. The van der Waals surface area contributed by atoms with Crippen LogP contribution in [-0.2, 0) is 14.8 Å². The van der Waals surface area contributed by atoms with Gasteiger partial charge in [0.25, 0.3) is 0 Å². The van der Waals surface area contributed by atoms with E-state index in [0.29, 0.717) is 25.1 Å². The third-order valence-electron chi connectivity index (χ3n) is 5.21. The summed E-state index contributed by atoms with van der Waals surface area (Å²) in [7, 11) is -3.72. The molecule has 28 heavy (non-hydrogen) atoms. The summed E-state index contributed by atoms with van der Waals surface area (Å²) < 4.78 is 34.8. The number of hydrogen-bond acceptors (Lipinski definition) is 4. The number of nitrogens with one attached hydrogen (secondary N) is 1. The van der Waals surface area contributed by atoms with Crippen molar-refractivity contribution in [1.82, 2.24) is 4.72 Å². The molecule has 4 rings (SSSR count). The first kappa shape index (κ1) is 19.0. The number of carbonyl (C=O) groups excluding carboxylic acids is 1. The molecule has 6 nitrogen and oxygen atoms in total. The molecule has 0 radical (unpaired) electrons. The van der Waals surface area contributed by atoms with Gasteiger partial charge in [0.15, 0.2) is 0 Å². The summed E-state index contributed by atoms with van der Waals surface area (Å²) in [5, 5.41) is 0. The number of rotatable bonds is 4. The Labute approximate surface area is 165 Å². The highest BCUT2D eigenvalue weighted by Crippen LogP contribution is 2.40. The molecule has 2 aromatic carbocycles. The van der Waals surface area contributed by atoms with Crippen molar-refractivity contribution < 1.29 is 17.9 Å². The molecule has 0 spiro atoms. The molecule has 1 fully saturated rings. The number of fused-ring (bicyclic) bond motifs is 1. The van der Waals surface area contributed by atoms with Gasteiger partial charge in [0.05, 0.1) is 10.9 Å². The molecule has 148 valence electrons. The molecule has 1 amide bonds. The highest BCUT2D eigenvalue weighted by Gasteiger charge is 2.36. The monoisotopic (exact) mass is 400 g/mol. The third kappa shape index (κ3) is 3.64. The highest BCUT2D eigenvalue weighted by atomic mass is 32.2. The Bertz CT molecular complexity index is 999. The Kier molecular flexibility index (Phi) is 4.67. The first-order valence-corrected chi connectivity index (χ1v) is 10.9. The van der Waals surface area contributed by atoms with E-state index in [0.717, 1.165) is 17.7 Å². The number of benzene rings is 2. The van der Waals surface area contributed by atoms with Gasteiger partial charge in [-0.2, -0.15) is 0 Å². The van der Waals surface area contributed by atoms with Crippen LogP contribution in [0.4, 0.5) is 5.69 Å². The standard InChI is InChI=1S/C21H24N2O4S/c1-21(2)14-18(17-6-3-4-7-19(17)27-21)22-28(25,26)16-11-9-15(10-12-16)23-13-5-8-20(23)24/h3-4,6-7,9-12,18,22H,5,8,13-14H2,1-2H3/t18-/m0/s1. The largest absolute Gasteiger partial charge is 0.487 e. The summed E-state index contributed by atoms with van der Waals surface area (Å²) in [5.74, 6) is 0.782. The van der Waals surface area contributed by atoms with E-state index in [4.69, 9.17) is 4.74 Å². The number of sulfonamides is 1. The summed E-state index contributed by atoms with van der Waals surface area (Å²) in [6.07, 6.45) is 1.91. The van der Waals surface area contributed by atoms with Crippen LogP contribution in [-0.4, -0.2) is 26.5 Å². The van der Waals surface area contributed by atoms with E-state index in [1.165, 1.54) is 0 Å². The predicted molar refractivity (Wildman–Crippen MR) is 107 cm³/mol. The average molecular weight is 401 g/mol. The average Bonchev–Trinajstić information content (AvgIpc) is 3.06. The van der Waals surface area contributed by atoms with E-state index in [-0.39, 0.29) is 16.8 Å². The van der Waals surface area contributed by atoms with E-state index in [1.54, 1.807) is 29.2 Å². The topological polar surface area (TPSA) is 75.7 Å². The Hall–Kier alpha value is -2.38. The highest BCUT2D eigenvalue weighted by molar-refractivity contribution is 7.89. The van der Waals surface area contributed by atoms with Gasteiger partial charge in [-0.3, -0.25) is 4.79 Å². The van der Waals surface area contributed by atoms with E-state index in [9.17, 15) is 13.2 Å². The Morgan fingerprint density at radius 2 is 1.82 bits per heavy atom. The molecule has 0 unspecified atom stereocenters. The van der Waals surface area contributed by atoms with E-state index in [2.05, 4.69) is 4.72 Å². The molecule has 0 aliphatic carbocycles. The van der Waals surface area contributed by atoms with Crippen LogP contribution in [0.1, 0.15) is 44.7 Å². The van der Waals surface area contributed by atoms with Crippen LogP contribution in [0, 0.1) is 0 Å². The second-order valence-electron chi connectivity index (χ2n) is 7.92. The minimum absolute atomic E-state index is 0.0785. The van der Waals surface area contributed by atoms with Crippen molar-refractivity contribution in [3.8, 4) is 5.75 Å². The summed E-state index contributed by atoms with van der Waals surface area (Å²) in [6, 6.07) is 13.6. The third-order valence-corrected chi connectivity index (χ3v) is 6.69. The van der Waals surface area contributed by atoms with Gasteiger partial charge in [-0.25, -0.2) is 13.1 Å². The fourth-order valence-electron chi connectivity index (χ4n) is 3.89. The quantitative estimate of drug-likeness (QED) is 0.854. The maximum atomic E-state index is 13.0. The minimum atomic E-state index is -3.72. The second-order valence-corrected chi connectivity index (χ2v) is 9.63. The van der Waals surface area contributed by atoms with E-state index >= 15 is 0 Å². The van der Waals surface area contributed by atoms with Crippen molar-refractivity contribution in [3.63, 3.8) is 0 Å². The fourth-order valence-corrected chi connectivity index (χ4v) is 5.10. The van der Waals surface area contributed by atoms with Crippen LogP contribution in [0.3, 0.4) is 0 Å². The van der Waals surface area contributed by atoms with Gasteiger partial charge >= 0.3 is 0 Å². The molecule has 2 aliphatic heterocycles. The van der Waals surface area contributed by atoms with Gasteiger partial charge in [0.2, 0.25) is 15.9 Å². The molecule has 2 aromatic rings. The summed E-state index contributed by atoms with van der Waals surface area (Å²) >= 11 is 0. The molecule has 1 N–H and O–H groups in total. The maximum absolute atomic E-state index is 13.0. The molecule has 0 bridgehead atoms. The van der Waals surface area contributed by atoms with Crippen molar-refractivity contribution in [3.05, 3.63) is 54.1 Å². The smallest absolute Gasteiger partial charge is 0.241 e. The Morgan fingerprint density at radius 1 is 1.11 bits per heavy atom. The molecule has 2 aliphatic rings. The number of anilines is 1. The molecule has 0 saturated carbocycles. The van der Waals surface area contributed by atoms with Crippen LogP contribution < -0.4 is 14.4 Å². The van der Waals surface area contributed by atoms with Gasteiger partial charge in [0, 0.05) is 30.6 Å². The SMILES string of the molecule is CC1(C)C[C@H](NS(=O)(=O)c2ccc(N3CCCC3=O)cc2)c2ccccc2O1. The molecule has 1 atom stereocenters. The van der Waals surface area contributed by atoms with Crippen molar-refractivity contribution >= 4 is 21.6 Å². The molecule has 7 heteroatoms. The first-order valence-electron chi connectivity index (χ1n) is 9.46. The second kappa shape index (κ2) is 6.90. The number of nitrogens with zero attached hydrogens (tertiary/aromatic N) is 1. The zero-order valence-corrected chi connectivity index (χ0v) is 16.8. The van der Waals surface area contributed by atoms with Crippen molar-refractivity contribution in [2.45, 2.75) is 49.6 Å². The van der Waals surface area contributed by atoms with Crippen LogP contribution >= 0.6 is 0 Å². The molecular weight excluding hydrogens is 376 g/mol. The maximum Gasteiger partial charge on any atom is 0.241 e. The fraction of sp³-hybridized carbons (Fsp3) is 0.381. The zero-order valence-electron chi connectivity index (χ0n) is 16.0. The predicted octanol–water partition coefficient (Wildman–Crippen LogP) is 3.39. The van der Waals surface area contributed by atoms with Gasteiger partial charge in [-0.15, -0.1) is 0 Å². The minimum Gasteiger partial charge on any atom is -0.487 e. The van der Waals surface area contributed by atoms with Gasteiger partial charge in [-0.1, -0.05) is 18.2 Å². The molecular formula is C21H24N2O4S. The van der Waals surface area contributed by atoms with Crippen molar-refractivity contribution in [2.75, 3.05) is 11.4 Å². The lowest BCUT2D eigenvalue weighted by atomic mass is 9.90. The number of para-hydroxylation sites is 1. The molecule has 2 heterocycles. The summed E-state index contributed by atoms with van der Waals surface area (Å²) in [5.41, 5.74) is 1.10. The van der Waals surface area contributed by atoms with Crippen LogP contribution in [0.2, 0.25) is 0 Å². The lowest BCUT2D eigenvalue weighted by molar-refractivity contribution is -0.117. The number of hydrogen-bond donors (Lipinski definition) is 1. The van der Waals surface area contributed by atoms with Crippen LogP contribution in [0.5, 0.6) is 5.75 Å². The first-order chi connectivity index (χ1) is 13.3. The zero-order chi connectivity index (χ0) is 19.9.